The minimum Gasteiger partial charge on any atom is -0.356 e. The molecule has 3 aromatic rings. The van der Waals surface area contributed by atoms with Crippen LogP contribution in [0.1, 0.15) is 36.2 Å². The lowest BCUT2D eigenvalue weighted by Gasteiger charge is -2.16. The van der Waals surface area contributed by atoms with E-state index in [2.05, 4.69) is 10.4 Å². The molecular formula is C22H22ClN5O2. The number of aliphatic imine (C=N–C) groups is 1. The van der Waals surface area contributed by atoms with Gasteiger partial charge in [-0.25, -0.2) is 0 Å². The molecule has 7 nitrogen and oxygen atoms in total. The number of fused-ring (bicyclic) bond motifs is 3. The van der Waals surface area contributed by atoms with Gasteiger partial charge in [0.15, 0.2) is 0 Å². The van der Waals surface area contributed by atoms with E-state index in [4.69, 9.17) is 16.6 Å². The molecule has 3 heterocycles. The molecule has 1 atom stereocenters. The number of pyridine rings is 1. The number of hydrogen-bond acceptors (Lipinski definition) is 4. The summed E-state index contributed by atoms with van der Waals surface area (Å²) in [5, 5.41) is 7.90. The van der Waals surface area contributed by atoms with Crippen LogP contribution in [0.15, 0.2) is 52.5 Å². The highest BCUT2D eigenvalue weighted by molar-refractivity contribution is 6.30. The molecule has 30 heavy (non-hydrogen) atoms. The highest BCUT2D eigenvalue weighted by Crippen LogP contribution is 2.38. The molecule has 0 aliphatic carbocycles. The van der Waals surface area contributed by atoms with Crippen LogP contribution in [0, 0.1) is 0 Å². The van der Waals surface area contributed by atoms with E-state index in [1.807, 2.05) is 38.2 Å². The minimum absolute atomic E-state index is 0.114. The molecule has 1 aliphatic rings. The van der Waals surface area contributed by atoms with Crippen LogP contribution in [0.5, 0.6) is 0 Å². The van der Waals surface area contributed by atoms with Gasteiger partial charge in [0.2, 0.25) is 5.91 Å². The number of carbonyl (C=O) groups excluding carboxylic acids is 1. The maximum absolute atomic E-state index is 12.5. The fourth-order valence-electron chi connectivity index (χ4n) is 3.77. The lowest BCUT2D eigenvalue weighted by Crippen LogP contribution is -2.25. The van der Waals surface area contributed by atoms with Crippen LogP contribution in [0.3, 0.4) is 0 Å². The number of carbonyl (C=O) groups is 1. The lowest BCUT2D eigenvalue weighted by atomic mass is 9.96. The second-order valence-corrected chi connectivity index (χ2v) is 7.72. The topological polar surface area (TPSA) is 81.3 Å². The van der Waals surface area contributed by atoms with Gasteiger partial charge in [-0.05, 0) is 24.6 Å². The van der Waals surface area contributed by atoms with E-state index in [-0.39, 0.29) is 17.9 Å². The Bertz CT molecular complexity index is 1210. The number of nitrogens with zero attached hydrogens (tertiary/aromatic N) is 4. The summed E-state index contributed by atoms with van der Waals surface area (Å²) in [4.78, 5) is 29.9. The Morgan fingerprint density at radius 1 is 1.20 bits per heavy atom. The number of nitrogens with one attached hydrogen (secondary N) is 1. The molecule has 0 saturated heterocycles. The third-order valence-electron chi connectivity index (χ3n) is 5.23. The molecule has 1 aromatic carbocycles. The zero-order valence-corrected chi connectivity index (χ0v) is 17.8. The smallest absolute Gasteiger partial charge is 0.250 e. The fourth-order valence-corrected chi connectivity index (χ4v) is 3.89. The summed E-state index contributed by atoms with van der Waals surface area (Å²) in [6, 6.07) is 8.49. The highest BCUT2D eigenvalue weighted by Gasteiger charge is 2.29. The monoisotopic (exact) mass is 423 g/mol. The Morgan fingerprint density at radius 3 is 2.63 bits per heavy atom. The van der Waals surface area contributed by atoms with E-state index in [0.29, 0.717) is 17.3 Å². The van der Waals surface area contributed by atoms with E-state index in [1.165, 1.54) is 4.57 Å². The Hall–Kier alpha value is -3.19. The fraction of sp³-hybridized carbons (Fsp3) is 0.273. The zero-order chi connectivity index (χ0) is 21.4. The van der Waals surface area contributed by atoms with Crippen LogP contribution in [-0.2, 0) is 18.9 Å². The van der Waals surface area contributed by atoms with Gasteiger partial charge >= 0.3 is 0 Å². The van der Waals surface area contributed by atoms with Crippen LogP contribution in [0.4, 0.5) is 0 Å². The molecule has 154 valence electrons. The van der Waals surface area contributed by atoms with E-state index in [1.54, 1.807) is 30.2 Å². The second-order valence-electron chi connectivity index (χ2n) is 7.28. The number of rotatable bonds is 4. The number of halogens is 1. The van der Waals surface area contributed by atoms with Gasteiger partial charge in [-0.3, -0.25) is 19.3 Å². The van der Waals surface area contributed by atoms with Gasteiger partial charge in [-0.2, -0.15) is 5.10 Å². The summed E-state index contributed by atoms with van der Waals surface area (Å²) in [6.07, 6.45) is 3.72. The van der Waals surface area contributed by atoms with Crippen LogP contribution in [0.2, 0.25) is 5.02 Å². The van der Waals surface area contributed by atoms with Crippen molar-refractivity contribution in [2.24, 2.45) is 19.1 Å². The van der Waals surface area contributed by atoms with Gasteiger partial charge in [-0.15, -0.1) is 0 Å². The van der Waals surface area contributed by atoms with Crippen molar-refractivity contribution in [1.82, 2.24) is 19.7 Å². The van der Waals surface area contributed by atoms with Crippen LogP contribution >= 0.6 is 11.6 Å². The van der Waals surface area contributed by atoms with Crippen molar-refractivity contribution < 1.29 is 4.79 Å². The van der Waals surface area contributed by atoms with Crippen molar-refractivity contribution in [3.63, 3.8) is 0 Å². The number of aromatic nitrogens is 3. The molecule has 8 heteroatoms. The van der Waals surface area contributed by atoms with Crippen LogP contribution < -0.4 is 10.9 Å². The van der Waals surface area contributed by atoms with E-state index >= 15 is 0 Å². The van der Waals surface area contributed by atoms with Gasteiger partial charge in [0.05, 0.1) is 30.1 Å². The lowest BCUT2D eigenvalue weighted by molar-refractivity contribution is -0.121. The molecule has 0 bridgehead atoms. The normalized spacial score (nSPS) is 15.1. The van der Waals surface area contributed by atoms with Gasteiger partial charge in [0.25, 0.3) is 5.56 Å². The Kier molecular flexibility index (Phi) is 5.30. The Morgan fingerprint density at radius 2 is 1.93 bits per heavy atom. The van der Waals surface area contributed by atoms with E-state index in [0.717, 1.165) is 27.9 Å². The number of amides is 1. The van der Waals surface area contributed by atoms with Crippen molar-refractivity contribution in [2.75, 3.05) is 6.54 Å². The summed E-state index contributed by atoms with van der Waals surface area (Å²) in [6.45, 7) is 2.41. The molecule has 4 rings (SSSR count). The summed E-state index contributed by atoms with van der Waals surface area (Å²) in [5.74, 6) is -0.114. The molecule has 1 aliphatic heterocycles. The number of benzene rings is 1. The minimum atomic E-state index is -0.501. The van der Waals surface area contributed by atoms with E-state index < -0.39 is 6.04 Å². The number of aryl methyl sites for hydroxylation is 2. The second kappa shape index (κ2) is 7.91. The summed E-state index contributed by atoms with van der Waals surface area (Å²) >= 11 is 6.09. The van der Waals surface area contributed by atoms with Crippen molar-refractivity contribution in [2.45, 2.75) is 19.4 Å². The standard InChI is InChI=1S/C22H22ClN5O2/c1-4-24-19(29)10-18-15-9-20(30)27(2)12-17(15)16-11-25-28(3)22(16)21(26-18)13-5-7-14(23)8-6-13/h5-9,11-12,18H,4,10H2,1-3H3,(H,24,29). The molecule has 0 fully saturated rings. The Balaban J connectivity index is 1.99. The first-order valence-corrected chi connectivity index (χ1v) is 10.1. The summed E-state index contributed by atoms with van der Waals surface area (Å²) < 4.78 is 3.30. The molecular weight excluding hydrogens is 402 g/mol. The summed E-state index contributed by atoms with van der Waals surface area (Å²) in [5.41, 5.74) is 4.70. The molecule has 0 spiro atoms. The van der Waals surface area contributed by atoms with Gasteiger partial charge in [0, 0.05) is 54.6 Å². The molecule has 1 unspecified atom stereocenters. The van der Waals surface area contributed by atoms with E-state index in [9.17, 15) is 9.59 Å². The molecule has 1 N–H and O–H groups in total. The third kappa shape index (κ3) is 3.57. The van der Waals surface area contributed by atoms with Crippen molar-refractivity contribution in [3.8, 4) is 11.1 Å². The highest BCUT2D eigenvalue weighted by atomic mass is 35.5. The van der Waals surface area contributed by atoms with Crippen molar-refractivity contribution >= 4 is 23.2 Å². The quantitative estimate of drug-likeness (QED) is 0.700. The SMILES string of the molecule is CCNC(=O)CC1N=C(c2ccc(Cl)cc2)c2c(cnn2C)-c2cn(C)c(=O)cc21. The maximum atomic E-state index is 12.5. The average molecular weight is 424 g/mol. The third-order valence-corrected chi connectivity index (χ3v) is 5.48. The van der Waals surface area contributed by atoms with Gasteiger partial charge in [0.1, 0.15) is 0 Å². The van der Waals surface area contributed by atoms with Crippen LogP contribution in [-0.4, -0.2) is 32.5 Å². The largest absolute Gasteiger partial charge is 0.356 e. The first kappa shape index (κ1) is 20.1. The molecule has 1 amide bonds. The predicted octanol–water partition coefficient (Wildman–Crippen LogP) is 2.86. The van der Waals surface area contributed by atoms with Gasteiger partial charge in [-0.1, -0.05) is 23.7 Å². The predicted molar refractivity (Wildman–Crippen MR) is 117 cm³/mol. The molecule has 0 saturated carbocycles. The Labute approximate surface area is 179 Å². The van der Waals surface area contributed by atoms with Gasteiger partial charge < -0.3 is 9.88 Å². The molecule has 0 radical (unpaired) electrons. The maximum Gasteiger partial charge on any atom is 0.250 e. The van der Waals surface area contributed by atoms with Crippen molar-refractivity contribution in [3.05, 3.63) is 74.9 Å². The molecule has 2 aromatic heterocycles. The zero-order valence-electron chi connectivity index (χ0n) is 17.0. The first-order chi connectivity index (χ1) is 14.4. The van der Waals surface area contributed by atoms with Crippen molar-refractivity contribution in [1.29, 1.82) is 0 Å². The van der Waals surface area contributed by atoms with Crippen LogP contribution in [0.25, 0.3) is 11.1 Å². The number of hydrogen-bond donors (Lipinski definition) is 1. The first-order valence-electron chi connectivity index (χ1n) is 9.72. The summed E-state index contributed by atoms with van der Waals surface area (Å²) in [7, 11) is 3.57. The average Bonchev–Trinajstić information content (AvgIpc) is 3.03.